The van der Waals surface area contributed by atoms with Crippen molar-refractivity contribution in [2.45, 2.75) is 94.7 Å². The van der Waals surface area contributed by atoms with Gasteiger partial charge in [0, 0.05) is 0 Å². The average molecular weight is 640 g/mol. The highest BCUT2D eigenvalue weighted by Gasteiger charge is 2.50. The van der Waals surface area contributed by atoms with E-state index >= 15 is 0 Å². The molecule has 2 atom stereocenters. The molecule has 1 rings (SSSR count). The Morgan fingerprint density at radius 2 is 0.909 bits per heavy atom. The van der Waals surface area contributed by atoms with Crippen LogP contribution in [0.15, 0.2) is 0 Å². The molecule has 3 N–H and O–H groups in total. The fourth-order valence-corrected chi connectivity index (χ4v) is 39.1. The summed E-state index contributed by atoms with van der Waals surface area (Å²) in [6.07, 6.45) is 0. The highest BCUT2D eigenvalue weighted by Crippen LogP contribution is 2.24. The van der Waals surface area contributed by atoms with Crippen LogP contribution in [-0.2, 0) is 0 Å². The van der Waals surface area contributed by atoms with E-state index in [1.54, 1.807) is 0 Å². The molecule has 33 heavy (non-hydrogen) atoms. The minimum atomic E-state index is -1.73. The van der Waals surface area contributed by atoms with Crippen LogP contribution in [0, 0.1) is 0 Å². The summed E-state index contributed by atoms with van der Waals surface area (Å²) >= 11 is 0. The first kappa shape index (κ1) is 33.4. The molecule has 1 saturated heterocycles. The largest absolute Gasteiger partial charge is 0.377 e. The molecule has 0 aromatic heterocycles. The van der Waals surface area contributed by atoms with E-state index in [4.69, 9.17) is 0 Å². The number of rotatable bonds is 16. The zero-order chi connectivity index (χ0) is 25.3. The minimum absolute atomic E-state index is 0.722. The molecular formula is C15H38N6Si12. The predicted octanol–water partition coefficient (Wildman–Crippen LogP) is 0.232. The van der Waals surface area contributed by atoms with Crippen LogP contribution in [0.25, 0.3) is 0 Å². The lowest BCUT2D eigenvalue weighted by Gasteiger charge is -2.53. The Labute approximate surface area is 234 Å². The Balaban J connectivity index is 2.81. The standard InChI is InChI=1S/C15H38N6Si12/c1-14(2)29-20(24)27-9-12-32(6)16-31(5,11-8-26-19(22)23)17-33(7,18-32)13-10-28-21(25)30-15(3)4/h14-18H,8-13H2,1-7H3. The summed E-state index contributed by atoms with van der Waals surface area (Å²) in [7, 11) is 13.8. The molecule has 0 amide bonds. The molecule has 0 aromatic carbocycles. The van der Waals surface area contributed by atoms with Crippen molar-refractivity contribution in [2.75, 3.05) is 0 Å². The summed E-state index contributed by atoms with van der Waals surface area (Å²) in [5, 5.41) is 0. The Morgan fingerprint density at radius 3 is 1.18 bits per heavy atom. The average Bonchev–Trinajstić information content (AvgIpc) is 2.58. The van der Waals surface area contributed by atoms with E-state index in [9.17, 15) is 0 Å². The molecule has 176 valence electrons. The second-order valence-electron chi connectivity index (χ2n) is 9.92. The van der Waals surface area contributed by atoms with Gasteiger partial charge < -0.3 is 25.6 Å². The van der Waals surface area contributed by atoms with Crippen LogP contribution in [0.3, 0.4) is 0 Å². The Kier molecular flexibility index (Phi) is 15.9. The van der Waals surface area contributed by atoms with Gasteiger partial charge in [-0.1, -0.05) is 27.7 Å². The molecule has 0 saturated carbocycles. The third-order valence-corrected chi connectivity index (χ3v) is 31.9. The van der Waals surface area contributed by atoms with E-state index in [1.807, 2.05) is 3.90 Å². The first-order valence-electron chi connectivity index (χ1n) is 11.5. The Morgan fingerprint density at radius 1 is 0.606 bits per heavy atom. The summed E-state index contributed by atoms with van der Waals surface area (Å²) in [6, 6.07) is 7.62. The molecule has 0 spiro atoms. The molecule has 22 radical (unpaired) electrons. The maximum atomic E-state index is 4.30. The zero-order valence-electron chi connectivity index (χ0n) is 21.2. The molecular weight excluding hydrogens is 601 g/mol. The highest BCUT2D eigenvalue weighted by molar-refractivity contribution is 7.06. The molecule has 0 bridgehead atoms. The smallest absolute Gasteiger partial charge is 0.186 e. The van der Waals surface area contributed by atoms with Crippen molar-refractivity contribution in [3.8, 4) is 0 Å². The van der Waals surface area contributed by atoms with Gasteiger partial charge in [0.2, 0.25) is 0 Å². The van der Waals surface area contributed by atoms with Crippen LogP contribution >= 0.6 is 0 Å². The summed E-state index contributed by atoms with van der Waals surface area (Å²) < 4.78 is 19.6. The van der Waals surface area contributed by atoms with Gasteiger partial charge in [0.25, 0.3) is 0 Å². The second kappa shape index (κ2) is 15.7. The van der Waals surface area contributed by atoms with E-state index in [0.29, 0.717) is 0 Å². The lowest BCUT2D eigenvalue weighted by atomic mass is 10.6. The quantitative estimate of drug-likeness (QED) is 0.211. The zero-order valence-corrected chi connectivity index (χ0v) is 33.2. The molecule has 1 heterocycles. The fraction of sp³-hybridized carbons (Fsp3) is 1.00. The van der Waals surface area contributed by atoms with Gasteiger partial charge >= 0.3 is 0 Å². The first-order valence-corrected chi connectivity index (χ1v) is 26.9. The van der Waals surface area contributed by atoms with Gasteiger partial charge in [-0.25, -0.2) is 0 Å². The predicted molar refractivity (Wildman–Crippen MR) is 161 cm³/mol. The van der Waals surface area contributed by atoms with Gasteiger partial charge in [-0.3, -0.25) is 0 Å². The van der Waals surface area contributed by atoms with Gasteiger partial charge in [0.15, 0.2) is 25.2 Å². The van der Waals surface area contributed by atoms with E-state index in [-0.39, 0.29) is 0 Å². The van der Waals surface area contributed by atoms with Gasteiger partial charge in [-0.05, 0) is 67.0 Å². The molecule has 1 aliphatic rings. The summed E-state index contributed by atoms with van der Waals surface area (Å²) in [6.45, 7) is 16.8. The molecule has 2 unspecified atom stereocenters. The molecule has 0 aliphatic carbocycles. The van der Waals surface area contributed by atoms with Crippen molar-refractivity contribution >= 4 is 115 Å². The molecule has 1 aliphatic heterocycles. The lowest BCUT2D eigenvalue weighted by Crippen LogP contribution is -2.90. The molecule has 18 heteroatoms. The molecule has 0 aromatic rings. The van der Waals surface area contributed by atoms with Gasteiger partial charge in [0.1, 0.15) is 90.0 Å². The van der Waals surface area contributed by atoms with Gasteiger partial charge in [-0.2, -0.15) is 0 Å². The Bertz CT molecular complexity index is 527. The number of hydrogen-bond acceptors (Lipinski definition) is 6. The van der Waals surface area contributed by atoms with Crippen molar-refractivity contribution in [2.24, 2.45) is 0 Å². The van der Waals surface area contributed by atoms with Crippen molar-refractivity contribution < 1.29 is 0 Å². The van der Waals surface area contributed by atoms with Crippen LogP contribution in [0.2, 0.25) is 67.0 Å². The fourth-order valence-electron chi connectivity index (χ4n) is 4.16. The van der Waals surface area contributed by atoms with E-state index in [0.717, 1.165) is 59.5 Å². The number of hydrogen-bond donors (Lipinski definition) is 3. The SMILES string of the molecule is CC(C)[Si]N([Si])[Si]CC[Si]1(C)N[Si](C)(CC[Si]N([Si])[Si])N[Si](C)(CC[Si]N([Si])[Si]C(C)C)N1. The molecule has 6 nitrogen and oxygen atoms in total. The first-order chi connectivity index (χ1) is 15.2. The van der Waals surface area contributed by atoms with Crippen molar-refractivity contribution in [3.05, 3.63) is 0 Å². The molecule has 1 fully saturated rings. The van der Waals surface area contributed by atoms with Crippen molar-refractivity contribution in [1.82, 2.24) is 25.6 Å². The topological polar surface area (TPSA) is 45.8 Å². The second-order valence-corrected chi connectivity index (χ2v) is 35.7. The van der Waals surface area contributed by atoms with E-state index in [1.165, 1.54) is 36.3 Å². The van der Waals surface area contributed by atoms with E-state index in [2.05, 4.69) is 111 Å². The van der Waals surface area contributed by atoms with Crippen molar-refractivity contribution in [1.29, 1.82) is 0 Å². The third kappa shape index (κ3) is 14.8. The van der Waals surface area contributed by atoms with Crippen LogP contribution < -0.4 is 13.9 Å². The highest BCUT2D eigenvalue weighted by atomic mass is 28.5. The third-order valence-electron chi connectivity index (χ3n) is 5.11. The van der Waals surface area contributed by atoms with Gasteiger partial charge in [0.05, 0.1) is 0 Å². The lowest BCUT2D eigenvalue weighted by molar-refractivity contribution is 0.934. The minimum Gasteiger partial charge on any atom is -0.377 e. The maximum Gasteiger partial charge on any atom is 0.186 e. The van der Waals surface area contributed by atoms with Crippen LogP contribution in [-0.4, -0.2) is 127 Å². The number of nitrogens with zero attached hydrogens (tertiary/aromatic N) is 3. The monoisotopic (exact) mass is 638 g/mol. The van der Waals surface area contributed by atoms with Crippen molar-refractivity contribution in [3.63, 3.8) is 0 Å². The van der Waals surface area contributed by atoms with Crippen LogP contribution in [0.1, 0.15) is 27.7 Å². The normalized spacial score (nSPS) is 28.7. The summed E-state index contributed by atoms with van der Waals surface area (Å²) in [5.41, 5.74) is 1.44. The van der Waals surface area contributed by atoms with Crippen LogP contribution in [0.4, 0.5) is 0 Å². The Hall–Kier alpha value is 2.36. The summed E-state index contributed by atoms with van der Waals surface area (Å²) in [5.74, 6) is 0. The maximum absolute atomic E-state index is 4.30. The number of nitrogens with one attached hydrogen (secondary N) is 3. The van der Waals surface area contributed by atoms with E-state index < -0.39 is 25.2 Å². The van der Waals surface area contributed by atoms with Crippen LogP contribution in [0.5, 0.6) is 0 Å². The van der Waals surface area contributed by atoms with Gasteiger partial charge in [-0.15, -0.1) is 0 Å². The summed E-state index contributed by atoms with van der Waals surface area (Å²) in [4.78, 5) is 0.